The highest BCUT2D eigenvalue weighted by Gasteiger charge is 2.30. The monoisotopic (exact) mass is 255 g/mol. The van der Waals surface area contributed by atoms with Gasteiger partial charge in [0.15, 0.2) is 0 Å². The van der Waals surface area contributed by atoms with Gasteiger partial charge in [0.25, 0.3) is 0 Å². The molecule has 0 aliphatic carbocycles. The summed E-state index contributed by atoms with van der Waals surface area (Å²) >= 11 is 0. The lowest BCUT2D eigenvalue weighted by Gasteiger charge is -2.34. The molecule has 0 bridgehead atoms. The van der Waals surface area contributed by atoms with Gasteiger partial charge in [-0.05, 0) is 18.8 Å². The summed E-state index contributed by atoms with van der Waals surface area (Å²) in [5.41, 5.74) is 5.87. The first-order chi connectivity index (χ1) is 8.34. The molecule has 2 amide bonds. The average molecular weight is 255 g/mol. The van der Waals surface area contributed by atoms with E-state index in [2.05, 4.69) is 0 Å². The van der Waals surface area contributed by atoms with E-state index in [9.17, 15) is 9.59 Å². The van der Waals surface area contributed by atoms with Crippen molar-refractivity contribution >= 4 is 11.8 Å². The van der Waals surface area contributed by atoms with Gasteiger partial charge in [-0.15, -0.1) is 0 Å². The van der Waals surface area contributed by atoms with Gasteiger partial charge >= 0.3 is 0 Å². The fraction of sp³-hybridized carbons (Fsp3) is 0.846. The molecule has 0 saturated carbocycles. The lowest BCUT2D eigenvalue weighted by molar-refractivity contribution is -0.140. The van der Waals surface area contributed by atoms with Crippen molar-refractivity contribution in [2.24, 2.45) is 17.6 Å². The van der Waals surface area contributed by atoms with Crippen LogP contribution in [0.2, 0.25) is 0 Å². The van der Waals surface area contributed by atoms with Crippen molar-refractivity contribution in [2.75, 3.05) is 27.2 Å². The van der Waals surface area contributed by atoms with E-state index in [1.165, 1.54) is 0 Å². The normalized spacial score (nSPS) is 18.9. The van der Waals surface area contributed by atoms with Gasteiger partial charge in [0.1, 0.15) is 0 Å². The van der Waals surface area contributed by atoms with Crippen molar-refractivity contribution in [3.05, 3.63) is 0 Å². The number of likely N-dealkylation sites (tertiary alicyclic amines) is 1. The Labute approximate surface area is 109 Å². The van der Waals surface area contributed by atoms with Crippen LogP contribution in [0.3, 0.4) is 0 Å². The second-order valence-corrected chi connectivity index (χ2v) is 5.60. The number of rotatable bonds is 3. The number of hydrogen-bond donors (Lipinski definition) is 1. The van der Waals surface area contributed by atoms with Crippen molar-refractivity contribution in [3.8, 4) is 0 Å². The fourth-order valence-corrected chi connectivity index (χ4v) is 2.21. The van der Waals surface area contributed by atoms with Crippen LogP contribution in [0.4, 0.5) is 0 Å². The molecule has 0 unspecified atom stereocenters. The molecular weight excluding hydrogens is 230 g/mol. The molecule has 0 aromatic carbocycles. The third-order valence-electron chi connectivity index (χ3n) is 3.60. The van der Waals surface area contributed by atoms with Crippen LogP contribution in [-0.2, 0) is 9.59 Å². The van der Waals surface area contributed by atoms with Crippen LogP contribution in [0.5, 0.6) is 0 Å². The van der Waals surface area contributed by atoms with E-state index in [1.54, 1.807) is 23.9 Å². The van der Waals surface area contributed by atoms with Crippen LogP contribution in [0, 0.1) is 11.8 Å². The zero-order valence-electron chi connectivity index (χ0n) is 11.8. The fourth-order valence-electron chi connectivity index (χ4n) is 2.21. The molecule has 1 aliphatic rings. The van der Waals surface area contributed by atoms with Gasteiger partial charge in [-0.3, -0.25) is 9.59 Å². The van der Waals surface area contributed by atoms with Crippen molar-refractivity contribution in [3.63, 3.8) is 0 Å². The molecule has 5 nitrogen and oxygen atoms in total. The predicted molar refractivity (Wildman–Crippen MR) is 70.8 cm³/mol. The summed E-state index contributed by atoms with van der Waals surface area (Å²) in [7, 11) is 3.54. The largest absolute Gasteiger partial charge is 0.349 e. The second kappa shape index (κ2) is 6.18. The summed E-state index contributed by atoms with van der Waals surface area (Å²) in [5, 5.41) is 0. The van der Waals surface area contributed by atoms with E-state index < -0.39 is 6.04 Å². The van der Waals surface area contributed by atoms with E-state index in [4.69, 9.17) is 5.73 Å². The lowest BCUT2D eigenvalue weighted by Crippen LogP contribution is -2.50. The molecule has 0 aromatic rings. The van der Waals surface area contributed by atoms with Gasteiger partial charge in [-0.25, -0.2) is 0 Å². The standard InChI is InChI=1S/C13H25N3O2/c1-9(2)11(14)13(18)16-7-5-10(6-8-16)12(17)15(3)4/h9-11H,5-8,14H2,1-4H3/t11-/m1/s1. The van der Waals surface area contributed by atoms with Crippen LogP contribution >= 0.6 is 0 Å². The minimum absolute atomic E-state index is 0.0146. The number of piperidine rings is 1. The van der Waals surface area contributed by atoms with Crippen LogP contribution < -0.4 is 5.73 Å². The van der Waals surface area contributed by atoms with Gasteiger partial charge in [0.2, 0.25) is 11.8 Å². The number of amides is 2. The molecule has 0 aromatic heterocycles. The number of carbonyl (C=O) groups is 2. The zero-order valence-corrected chi connectivity index (χ0v) is 11.8. The predicted octanol–water partition coefficient (Wildman–Crippen LogP) is 0.297. The Morgan fingerprint density at radius 1 is 1.22 bits per heavy atom. The molecule has 18 heavy (non-hydrogen) atoms. The molecule has 1 heterocycles. The highest BCUT2D eigenvalue weighted by Crippen LogP contribution is 2.20. The van der Waals surface area contributed by atoms with Crippen molar-refractivity contribution in [1.82, 2.24) is 9.80 Å². The quantitative estimate of drug-likeness (QED) is 0.788. The zero-order chi connectivity index (χ0) is 13.9. The Bertz CT molecular complexity index is 307. The Kier molecular flexibility index (Phi) is 5.14. The molecule has 2 N–H and O–H groups in total. The highest BCUT2D eigenvalue weighted by molar-refractivity contribution is 5.83. The number of carbonyl (C=O) groups excluding carboxylic acids is 2. The Morgan fingerprint density at radius 3 is 2.11 bits per heavy atom. The third kappa shape index (κ3) is 3.45. The Balaban J connectivity index is 2.49. The summed E-state index contributed by atoms with van der Waals surface area (Å²) in [6.07, 6.45) is 1.49. The van der Waals surface area contributed by atoms with Crippen LogP contribution in [0.1, 0.15) is 26.7 Å². The van der Waals surface area contributed by atoms with Gasteiger partial charge in [-0.2, -0.15) is 0 Å². The number of hydrogen-bond acceptors (Lipinski definition) is 3. The Morgan fingerprint density at radius 2 is 1.72 bits per heavy atom. The molecule has 5 heteroatoms. The van der Waals surface area contributed by atoms with Gasteiger partial charge in [-0.1, -0.05) is 13.8 Å². The molecular formula is C13H25N3O2. The first-order valence-electron chi connectivity index (χ1n) is 6.60. The molecule has 0 radical (unpaired) electrons. The maximum Gasteiger partial charge on any atom is 0.239 e. The van der Waals surface area contributed by atoms with Crippen molar-refractivity contribution < 1.29 is 9.59 Å². The summed E-state index contributed by atoms with van der Waals surface area (Å²) < 4.78 is 0. The maximum atomic E-state index is 12.1. The topological polar surface area (TPSA) is 66.6 Å². The van der Waals surface area contributed by atoms with E-state index in [-0.39, 0.29) is 23.7 Å². The molecule has 1 atom stereocenters. The van der Waals surface area contributed by atoms with E-state index >= 15 is 0 Å². The average Bonchev–Trinajstić information content (AvgIpc) is 2.36. The SMILES string of the molecule is CC(C)[C@@H](N)C(=O)N1CCC(C(=O)N(C)C)CC1. The van der Waals surface area contributed by atoms with E-state index in [0.29, 0.717) is 13.1 Å². The van der Waals surface area contributed by atoms with E-state index in [1.807, 2.05) is 13.8 Å². The second-order valence-electron chi connectivity index (χ2n) is 5.60. The minimum Gasteiger partial charge on any atom is -0.349 e. The number of nitrogens with zero attached hydrogens (tertiary/aromatic N) is 2. The van der Waals surface area contributed by atoms with Crippen LogP contribution in [0.25, 0.3) is 0 Å². The molecule has 104 valence electrons. The van der Waals surface area contributed by atoms with Gasteiger partial charge < -0.3 is 15.5 Å². The number of nitrogens with two attached hydrogens (primary N) is 1. The molecule has 1 aliphatic heterocycles. The van der Waals surface area contributed by atoms with Crippen LogP contribution in [0.15, 0.2) is 0 Å². The summed E-state index contributed by atoms with van der Waals surface area (Å²) in [4.78, 5) is 27.3. The van der Waals surface area contributed by atoms with Gasteiger partial charge in [0, 0.05) is 33.1 Å². The molecule has 1 saturated heterocycles. The molecule has 1 fully saturated rings. The molecule has 0 spiro atoms. The minimum atomic E-state index is -0.425. The highest BCUT2D eigenvalue weighted by atomic mass is 16.2. The Hall–Kier alpha value is -1.10. The lowest BCUT2D eigenvalue weighted by atomic mass is 9.94. The summed E-state index contributed by atoms with van der Waals surface area (Å²) in [6, 6.07) is -0.425. The first-order valence-corrected chi connectivity index (χ1v) is 6.60. The third-order valence-corrected chi connectivity index (χ3v) is 3.60. The van der Waals surface area contributed by atoms with E-state index in [0.717, 1.165) is 12.8 Å². The summed E-state index contributed by atoms with van der Waals surface area (Å²) in [6.45, 7) is 5.18. The smallest absolute Gasteiger partial charge is 0.239 e. The maximum absolute atomic E-state index is 12.1. The van der Waals surface area contributed by atoms with Crippen LogP contribution in [-0.4, -0.2) is 54.8 Å². The van der Waals surface area contributed by atoms with Crippen molar-refractivity contribution in [1.29, 1.82) is 0 Å². The molecule has 1 rings (SSSR count). The van der Waals surface area contributed by atoms with Gasteiger partial charge in [0.05, 0.1) is 6.04 Å². The summed E-state index contributed by atoms with van der Waals surface area (Å²) in [5.74, 6) is 0.383. The first kappa shape index (κ1) is 15.0. The van der Waals surface area contributed by atoms with Crippen molar-refractivity contribution in [2.45, 2.75) is 32.7 Å².